The number of para-hydroxylation sites is 1. The Hall–Kier alpha value is -3.28. The van der Waals surface area contributed by atoms with Crippen LogP contribution in [0.25, 0.3) is 5.69 Å². The Bertz CT molecular complexity index is 1040. The number of amides is 1. The van der Waals surface area contributed by atoms with Crippen LogP contribution in [0, 0.1) is 0 Å². The van der Waals surface area contributed by atoms with Crippen LogP contribution in [0.4, 0.5) is 5.82 Å². The van der Waals surface area contributed by atoms with Crippen LogP contribution in [0.3, 0.4) is 0 Å². The number of aryl methyl sites for hydroxylation is 1. The van der Waals surface area contributed by atoms with Gasteiger partial charge >= 0.3 is 0 Å². The molecule has 0 aliphatic carbocycles. The summed E-state index contributed by atoms with van der Waals surface area (Å²) in [6.07, 6.45) is 3.13. The molecule has 2 aromatic carbocycles. The summed E-state index contributed by atoms with van der Waals surface area (Å²) in [5, 5.41) is 7.62. The number of benzene rings is 2. The first kappa shape index (κ1) is 15.9. The van der Waals surface area contributed by atoms with Crippen molar-refractivity contribution >= 4 is 11.7 Å². The third kappa shape index (κ3) is 2.56. The maximum absolute atomic E-state index is 12.5. The molecule has 27 heavy (non-hydrogen) atoms. The van der Waals surface area contributed by atoms with Crippen LogP contribution in [0.2, 0.25) is 0 Å². The second-order valence-corrected chi connectivity index (χ2v) is 6.76. The van der Waals surface area contributed by atoms with Gasteiger partial charge < -0.3 is 14.8 Å². The number of carbonyl (C=O) groups excluding carboxylic acids is 1. The van der Waals surface area contributed by atoms with Crippen LogP contribution in [0.5, 0.6) is 11.5 Å². The molecule has 0 saturated carbocycles. The third-order valence-corrected chi connectivity index (χ3v) is 5.22. The monoisotopic (exact) mass is 361 g/mol. The molecule has 6 nitrogen and oxygen atoms in total. The quantitative estimate of drug-likeness (QED) is 0.774. The van der Waals surface area contributed by atoms with Crippen LogP contribution in [0.15, 0.2) is 48.7 Å². The summed E-state index contributed by atoms with van der Waals surface area (Å²) in [5.41, 5.74) is 4.22. The number of nitrogens with one attached hydrogen (secondary N) is 1. The first-order chi connectivity index (χ1) is 13.2. The van der Waals surface area contributed by atoms with Crippen molar-refractivity contribution in [1.29, 1.82) is 0 Å². The van der Waals surface area contributed by atoms with E-state index in [1.54, 1.807) is 0 Å². The van der Waals surface area contributed by atoms with E-state index in [0.717, 1.165) is 40.6 Å². The molecule has 1 N–H and O–H groups in total. The number of rotatable bonds is 3. The van der Waals surface area contributed by atoms with Crippen LogP contribution in [-0.2, 0) is 11.2 Å². The molecule has 2 aliphatic heterocycles. The molecule has 2 aliphatic rings. The third-order valence-electron chi connectivity index (χ3n) is 5.22. The molecule has 0 spiro atoms. The average molecular weight is 361 g/mol. The van der Waals surface area contributed by atoms with Crippen molar-refractivity contribution in [3.8, 4) is 17.2 Å². The molecule has 136 valence electrons. The molecule has 3 heterocycles. The smallest absolute Gasteiger partial charge is 0.231 e. The Balaban J connectivity index is 1.61. The van der Waals surface area contributed by atoms with Crippen molar-refractivity contribution in [2.75, 3.05) is 12.1 Å². The predicted molar refractivity (Wildman–Crippen MR) is 101 cm³/mol. The number of anilines is 1. The maximum atomic E-state index is 12.5. The van der Waals surface area contributed by atoms with Gasteiger partial charge in [0.25, 0.3) is 0 Å². The summed E-state index contributed by atoms with van der Waals surface area (Å²) in [4.78, 5) is 12.5. The zero-order valence-corrected chi connectivity index (χ0v) is 14.9. The number of carbonyl (C=O) groups is 1. The summed E-state index contributed by atoms with van der Waals surface area (Å²) < 4.78 is 12.7. The van der Waals surface area contributed by atoms with Crippen molar-refractivity contribution in [1.82, 2.24) is 9.78 Å². The van der Waals surface area contributed by atoms with Gasteiger partial charge in [0.15, 0.2) is 11.5 Å². The Morgan fingerprint density at radius 1 is 1.19 bits per heavy atom. The summed E-state index contributed by atoms with van der Waals surface area (Å²) in [6.45, 7) is 2.35. The van der Waals surface area contributed by atoms with Crippen molar-refractivity contribution < 1.29 is 14.3 Å². The van der Waals surface area contributed by atoms with Gasteiger partial charge in [0.1, 0.15) is 5.82 Å². The minimum Gasteiger partial charge on any atom is -0.454 e. The van der Waals surface area contributed by atoms with Gasteiger partial charge in [-0.2, -0.15) is 5.10 Å². The van der Waals surface area contributed by atoms with E-state index in [1.807, 2.05) is 47.3 Å². The van der Waals surface area contributed by atoms with Gasteiger partial charge in [-0.25, -0.2) is 4.68 Å². The topological polar surface area (TPSA) is 65.4 Å². The van der Waals surface area contributed by atoms with E-state index in [4.69, 9.17) is 9.47 Å². The maximum Gasteiger partial charge on any atom is 0.231 e. The van der Waals surface area contributed by atoms with E-state index in [1.165, 1.54) is 5.56 Å². The number of aromatic nitrogens is 2. The fraction of sp³-hybridized carbons (Fsp3) is 0.238. The molecule has 0 saturated heterocycles. The fourth-order valence-electron chi connectivity index (χ4n) is 3.85. The van der Waals surface area contributed by atoms with E-state index in [-0.39, 0.29) is 18.6 Å². The molecular formula is C21H19N3O3. The molecule has 6 heteroatoms. The van der Waals surface area contributed by atoms with E-state index >= 15 is 0 Å². The first-order valence-electron chi connectivity index (χ1n) is 9.10. The van der Waals surface area contributed by atoms with E-state index in [2.05, 4.69) is 23.4 Å². The molecule has 0 radical (unpaired) electrons. The van der Waals surface area contributed by atoms with Gasteiger partial charge in [-0.15, -0.1) is 0 Å². The second kappa shape index (κ2) is 6.16. The summed E-state index contributed by atoms with van der Waals surface area (Å²) in [5.74, 6) is 2.14. The van der Waals surface area contributed by atoms with Crippen molar-refractivity contribution in [3.63, 3.8) is 0 Å². The largest absolute Gasteiger partial charge is 0.454 e. The highest BCUT2D eigenvalue weighted by atomic mass is 16.7. The lowest BCUT2D eigenvalue weighted by atomic mass is 9.87. The average Bonchev–Trinajstić information content (AvgIpc) is 3.33. The molecule has 1 aromatic heterocycles. The number of nitrogens with zero attached hydrogens (tertiary/aromatic N) is 2. The van der Waals surface area contributed by atoms with Gasteiger partial charge in [0.2, 0.25) is 12.7 Å². The van der Waals surface area contributed by atoms with Crippen molar-refractivity contribution in [2.24, 2.45) is 0 Å². The van der Waals surface area contributed by atoms with Gasteiger partial charge in [-0.3, -0.25) is 4.79 Å². The SMILES string of the molecule is CCc1ccccc1-n1ncc2c1NC(=O)CC2c1ccc2c(c1)OCO2. The van der Waals surface area contributed by atoms with Crippen molar-refractivity contribution in [2.45, 2.75) is 25.7 Å². The molecular weight excluding hydrogens is 342 g/mol. The van der Waals surface area contributed by atoms with Gasteiger partial charge in [0.05, 0.1) is 11.9 Å². The first-order valence-corrected chi connectivity index (χ1v) is 9.10. The fourth-order valence-corrected chi connectivity index (χ4v) is 3.85. The summed E-state index contributed by atoms with van der Waals surface area (Å²) in [6, 6.07) is 14.0. The molecule has 1 atom stereocenters. The summed E-state index contributed by atoms with van der Waals surface area (Å²) >= 11 is 0. The highest BCUT2D eigenvalue weighted by molar-refractivity contribution is 5.94. The van der Waals surface area contributed by atoms with Crippen LogP contribution >= 0.6 is 0 Å². The lowest BCUT2D eigenvalue weighted by molar-refractivity contribution is -0.116. The minimum absolute atomic E-state index is 0.0131. The molecule has 0 bridgehead atoms. The number of hydrogen-bond donors (Lipinski definition) is 1. The van der Waals surface area contributed by atoms with E-state index in [9.17, 15) is 4.79 Å². The zero-order valence-electron chi connectivity index (χ0n) is 14.9. The number of hydrogen-bond acceptors (Lipinski definition) is 4. The standard InChI is InChI=1S/C21H19N3O3/c1-2-13-5-3-4-6-17(13)24-21-16(11-22-24)15(10-20(25)23-21)14-7-8-18-19(9-14)27-12-26-18/h3-9,11,15H,2,10,12H2,1H3,(H,23,25). The van der Waals surface area contributed by atoms with Crippen LogP contribution < -0.4 is 14.8 Å². The molecule has 5 rings (SSSR count). The van der Waals surface area contributed by atoms with Gasteiger partial charge in [0, 0.05) is 17.9 Å². The van der Waals surface area contributed by atoms with Crippen molar-refractivity contribution in [3.05, 3.63) is 65.4 Å². The minimum atomic E-state index is -0.0641. The van der Waals surface area contributed by atoms with Crippen LogP contribution in [0.1, 0.15) is 36.0 Å². The number of fused-ring (bicyclic) bond motifs is 2. The lowest BCUT2D eigenvalue weighted by Crippen LogP contribution is -2.24. The lowest BCUT2D eigenvalue weighted by Gasteiger charge is -2.24. The van der Waals surface area contributed by atoms with Crippen LogP contribution in [-0.4, -0.2) is 22.5 Å². The second-order valence-electron chi connectivity index (χ2n) is 6.76. The molecule has 0 fully saturated rings. The molecule has 1 amide bonds. The summed E-state index contributed by atoms with van der Waals surface area (Å²) in [7, 11) is 0. The molecule has 1 unspecified atom stereocenters. The van der Waals surface area contributed by atoms with E-state index in [0.29, 0.717) is 6.42 Å². The Morgan fingerprint density at radius 3 is 2.93 bits per heavy atom. The Labute approximate surface area is 156 Å². The highest BCUT2D eigenvalue weighted by Gasteiger charge is 2.31. The highest BCUT2D eigenvalue weighted by Crippen LogP contribution is 2.42. The van der Waals surface area contributed by atoms with Gasteiger partial charge in [-0.05, 0) is 35.7 Å². The zero-order chi connectivity index (χ0) is 18.4. The molecule has 3 aromatic rings. The predicted octanol–water partition coefficient (Wildman–Crippen LogP) is 3.64. The van der Waals surface area contributed by atoms with E-state index < -0.39 is 0 Å². The Kier molecular flexibility index (Phi) is 3.63. The van der Waals surface area contributed by atoms with Gasteiger partial charge in [-0.1, -0.05) is 31.2 Å². The number of ether oxygens (including phenoxy) is 2. The normalized spacial score (nSPS) is 17.5. The Morgan fingerprint density at radius 2 is 2.04 bits per heavy atom.